The van der Waals surface area contributed by atoms with Crippen molar-refractivity contribution in [2.75, 3.05) is 43.5 Å². The molecule has 8 nitrogen and oxygen atoms in total. The molecule has 2 aromatic rings. The van der Waals surface area contributed by atoms with Crippen molar-refractivity contribution in [2.45, 2.75) is 12.3 Å². The summed E-state index contributed by atoms with van der Waals surface area (Å²) in [4.78, 5) is 18.5. The first-order chi connectivity index (χ1) is 14.0. The van der Waals surface area contributed by atoms with Crippen LogP contribution in [0.2, 0.25) is 0 Å². The summed E-state index contributed by atoms with van der Waals surface area (Å²) in [6.45, 7) is 3.42. The lowest BCUT2D eigenvalue weighted by Crippen LogP contribution is -2.38. The zero-order valence-corrected chi connectivity index (χ0v) is 17.0. The summed E-state index contributed by atoms with van der Waals surface area (Å²) in [6.07, 6.45) is 1.73. The Kier molecular flexibility index (Phi) is 7.42. The number of nitrogens with one attached hydrogen (secondary N) is 2. The maximum atomic E-state index is 12.1. The van der Waals surface area contributed by atoms with Crippen molar-refractivity contribution in [2.24, 2.45) is 0 Å². The van der Waals surface area contributed by atoms with E-state index in [9.17, 15) is 13.2 Å². The number of hydrogen-bond acceptors (Lipinski definition) is 6. The van der Waals surface area contributed by atoms with Gasteiger partial charge in [0, 0.05) is 32.4 Å². The third-order valence-corrected chi connectivity index (χ3v) is 6.12. The number of carbonyl (C=O) groups excluding carboxylic acids is 1. The Morgan fingerprint density at radius 3 is 2.48 bits per heavy atom. The van der Waals surface area contributed by atoms with Crippen molar-refractivity contribution in [3.05, 3.63) is 59.8 Å². The van der Waals surface area contributed by atoms with Gasteiger partial charge in [-0.15, -0.1) is 0 Å². The number of amides is 2. The van der Waals surface area contributed by atoms with Gasteiger partial charge < -0.3 is 20.3 Å². The second-order valence-corrected chi connectivity index (χ2v) is 9.00. The Bertz CT molecular complexity index is 882. The minimum Gasteiger partial charge on any atom is -0.378 e. The molecule has 0 atom stereocenters. The third kappa shape index (κ3) is 7.03. The second-order valence-electron chi connectivity index (χ2n) is 6.81. The summed E-state index contributed by atoms with van der Waals surface area (Å²) in [7, 11) is -3.28. The van der Waals surface area contributed by atoms with Crippen LogP contribution < -0.4 is 15.5 Å². The molecule has 29 heavy (non-hydrogen) atoms. The van der Waals surface area contributed by atoms with Crippen LogP contribution in [-0.4, -0.2) is 58.0 Å². The fraction of sp³-hybridized carbons (Fsp3) is 0.400. The van der Waals surface area contributed by atoms with Gasteiger partial charge in [0.25, 0.3) is 0 Å². The molecule has 2 N–H and O–H groups in total. The fourth-order valence-corrected chi connectivity index (χ4v) is 4.22. The number of benzene rings is 1. The Labute approximate surface area is 171 Å². The zero-order chi connectivity index (χ0) is 20.5. The first-order valence-electron chi connectivity index (χ1n) is 9.55. The minimum atomic E-state index is -3.28. The van der Waals surface area contributed by atoms with Gasteiger partial charge in [-0.3, -0.25) is 0 Å². The summed E-state index contributed by atoms with van der Waals surface area (Å²) in [5, 5.41) is 5.30. The molecule has 0 unspecified atom stereocenters. The Hall–Kier alpha value is -2.65. The highest BCUT2D eigenvalue weighted by atomic mass is 32.2. The molecule has 9 heteroatoms. The Morgan fingerprint density at radius 1 is 1.03 bits per heavy atom. The number of sulfone groups is 1. The lowest BCUT2D eigenvalue weighted by Gasteiger charge is -2.27. The van der Waals surface area contributed by atoms with E-state index in [0.717, 1.165) is 30.0 Å². The predicted octanol–water partition coefficient (Wildman–Crippen LogP) is 1.33. The Balaban J connectivity index is 1.37. The molecule has 0 bridgehead atoms. The topological polar surface area (TPSA) is 101 Å². The Morgan fingerprint density at radius 2 is 1.79 bits per heavy atom. The number of nitrogens with zero attached hydrogens (tertiary/aromatic N) is 2. The van der Waals surface area contributed by atoms with Gasteiger partial charge in [-0.05, 0) is 17.2 Å². The van der Waals surface area contributed by atoms with E-state index in [4.69, 9.17) is 4.74 Å². The van der Waals surface area contributed by atoms with E-state index >= 15 is 0 Å². The number of hydrogen-bond donors (Lipinski definition) is 2. The largest absolute Gasteiger partial charge is 0.378 e. The number of morpholine rings is 1. The van der Waals surface area contributed by atoms with Crippen LogP contribution >= 0.6 is 0 Å². The quantitative estimate of drug-likeness (QED) is 0.671. The first kappa shape index (κ1) is 21.1. The van der Waals surface area contributed by atoms with Crippen LogP contribution in [0.3, 0.4) is 0 Å². The maximum Gasteiger partial charge on any atom is 0.315 e. The van der Waals surface area contributed by atoms with Crippen LogP contribution in [-0.2, 0) is 26.9 Å². The average Bonchev–Trinajstić information content (AvgIpc) is 2.73. The highest BCUT2D eigenvalue weighted by molar-refractivity contribution is 7.90. The van der Waals surface area contributed by atoms with E-state index in [1.807, 2.05) is 18.2 Å². The number of pyridine rings is 1. The number of urea groups is 1. The van der Waals surface area contributed by atoms with Crippen LogP contribution in [0, 0.1) is 0 Å². The summed E-state index contributed by atoms with van der Waals surface area (Å²) >= 11 is 0. The molecule has 0 radical (unpaired) electrons. The SMILES string of the molecule is O=C(NCCS(=O)(=O)Cc1ccccc1)NCc1ccc(N2CCOCC2)nc1. The number of rotatable bonds is 8. The molecule has 1 aromatic heterocycles. The van der Waals surface area contributed by atoms with Crippen LogP contribution in [0.1, 0.15) is 11.1 Å². The molecular formula is C20H26N4O4S. The molecule has 3 rings (SSSR count). The molecule has 1 fully saturated rings. The summed E-state index contributed by atoms with van der Waals surface area (Å²) in [5.41, 5.74) is 1.61. The number of anilines is 1. The summed E-state index contributed by atoms with van der Waals surface area (Å²) in [6, 6.07) is 12.4. The van der Waals surface area contributed by atoms with Gasteiger partial charge in [-0.2, -0.15) is 0 Å². The normalized spacial score (nSPS) is 14.4. The van der Waals surface area contributed by atoms with Crippen molar-refractivity contribution in [1.82, 2.24) is 15.6 Å². The highest BCUT2D eigenvalue weighted by Gasteiger charge is 2.13. The molecule has 1 aliphatic rings. The smallest absolute Gasteiger partial charge is 0.315 e. The lowest BCUT2D eigenvalue weighted by molar-refractivity contribution is 0.122. The van der Waals surface area contributed by atoms with Crippen LogP contribution in [0.15, 0.2) is 48.7 Å². The molecule has 0 aliphatic carbocycles. The molecule has 1 aliphatic heterocycles. The van der Waals surface area contributed by atoms with Gasteiger partial charge in [0.2, 0.25) is 0 Å². The van der Waals surface area contributed by atoms with E-state index in [-0.39, 0.29) is 18.1 Å². The molecule has 0 spiro atoms. The van der Waals surface area contributed by atoms with Crippen molar-refractivity contribution >= 4 is 21.7 Å². The molecule has 2 heterocycles. The van der Waals surface area contributed by atoms with Gasteiger partial charge in [-0.1, -0.05) is 36.4 Å². The van der Waals surface area contributed by atoms with Crippen LogP contribution in [0.4, 0.5) is 10.6 Å². The zero-order valence-electron chi connectivity index (χ0n) is 16.2. The third-order valence-electron chi connectivity index (χ3n) is 4.53. The standard InChI is InChI=1S/C20H26N4O4S/c25-20(21-8-13-29(26,27)16-17-4-2-1-3-5-17)23-15-18-6-7-19(22-14-18)24-9-11-28-12-10-24/h1-7,14H,8-13,15-16H2,(H2,21,23,25). The number of carbonyl (C=O) groups is 1. The molecular weight excluding hydrogens is 392 g/mol. The molecule has 1 saturated heterocycles. The highest BCUT2D eigenvalue weighted by Crippen LogP contribution is 2.13. The van der Waals surface area contributed by atoms with Gasteiger partial charge in [-0.25, -0.2) is 18.2 Å². The monoisotopic (exact) mass is 418 g/mol. The van der Waals surface area contributed by atoms with Gasteiger partial charge >= 0.3 is 6.03 Å². The van der Waals surface area contributed by atoms with Crippen molar-refractivity contribution in [3.63, 3.8) is 0 Å². The van der Waals surface area contributed by atoms with E-state index in [1.54, 1.807) is 30.5 Å². The first-order valence-corrected chi connectivity index (χ1v) is 11.4. The predicted molar refractivity (Wildman–Crippen MR) is 111 cm³/mol. The van der Waals surface area contributed by atoms with E-state index in [2.05, 4.69) is 20.5 Å². The maximum absolute atomic E-state index is 12.1. The van der Waals surface area contributed by atoms with Crippen molar-refractivity contribution in [3.8, 4) is 0 Å². The minimum absolute atomic E-state index is 0.0295. The van der Waals surface area contributed by atoms with Crippen molar-refractivity contribution < 1.29 is 17.9 Å². The number of aromatic nitrogens is 1. The fourth-order valence-electron chi connectivity index (χ4n) is 2.97. The van der Waals surface area contributed by atoms with Gasteiger partial charge in [0.1, 0.15) is 5.82 Å². The molecule has 156 valence electrons. The second kappa shape index (κ2) is 10.2. The molecule has 2 amide bonds. The van der Waals surface area contributed by atoms with Crippen LogP contribution in [0.5, 0.6) is 0 Å². The van der Waals surface area contributed by atoms with E-state index < -0.39 is 15.9 Å². The summed E-state index contributed by atoms with van der Waals surface area (Å²) in [5.74, 6) is 0.758. The summed E-state index contributed by atoms with van der Waals surface area (Å²) < 4.78 is 29.6. The van der Waals surface area contributed by atoms with E-state index in [1.165, 1.54) is 0 Å². The average molecular weight is 419 g/mol. The lowest BCUT2D eigenvalue weighted by atomic mass is 10.2. The van der Waals surface area contributed by atoms with Crippen LogP contribution in [0.25, 0.3) is 0 Å². The number of ether oxygens (including phenoxy) is 1. The van der Waals surface area contributed by atoms with E-state index in [0.29, 0.717) is 19.8 Å². The van der Waals surface area contributed by atoms with Crippen molar-refractivity contribution in [1.29, 1.82) is 0 Å². The molecule has 0 saturated carbocycles. The van der Waals surface area contributed by atoms with Gasteiger partial charge in [0.05, 0.1) is 24.7 Å². The van der Waals surface area contributed by atoms with Gasteiger partial charge in [0.15, 0.2) is 9.84 Å². The molecule has 1 aromatic carbocycles.